The molecule has 0 radical (unpaired) electrons. The first-order valence-corrected chi connectivity index (χ1v) is 4.49. The maximum Gasteiger partial charge on any atom is 0.194 e. The van der Waals surface area contributed by atoms with Crippen LogP contribution < -0.4 is 5.73 Å². The minimum atomic E-state index is -0.116. The Morgan fingerprint density at radius 3 is 2.06 bits per heavy atom. The Labute approximate surface area is 99.5 Å². The van der Waals surface area contributed by atoms with E-state index in [-0.39, 0.29) is 24.1 Å². The Hall–Kier alpha value is -1.94. The molecule has 4 nitrogen and oxygen atoms in total. The van der Waals surface area contributed by atoms with Crippen LogP contribution in [0.25, 0.3) is 11.1 Å². The molecule has 0 amide bonds. The van der Waals surface area contributed by atoms with E-state index in [1.165, 1.54) is 0 Å². The molecule has 3 N–H and O–H groups in total. The maximum absolute atomic E-state index is 7.16. The van der Waals surface area contributed by atoms with Gasteiger partial charge in [-0.15, -0.1) is 12.4 Å². The van der Waals surface area contributed by atoms with E-state index in [2.05, 4.69) is 9.97 Å². The van der Waals surface area contributed by atoms with Crippen molar-refractivity contribution in [3.8, 4) is 11.1 Å². The van der Waals surface area contributed by atoms with Crippen LogP contribution in [0, 0.1) is 5.41 Å². The highest BCUT2D eigenvalue weighted by Crippen LogP contribution is 2.15. The van der Waals surface area contributed by atoms with Gasteiger partial charge in [0.2, 0.25) is 0 Å². The molecule has 0 fully saturated rings. The lowest BCUT2D eigenvalue weighted by Gasteiger charge is -2.01. The summed E-state index contributed by atoms with van der Waals surface area (Å²) in [6.45, 7) is 0. The lowest BCUT2D eigenvalue weighted by atomic mass is 10.1. The van der Waals surface area contributed by atoms with Crippen molar-refractivity contribution < 1.29 is 0 Å². The molecule has 2 rings (SSSR count). The molecule has 5 heteroatoms. The summed E-state index contributed by atoms with van der Waals surface area (Å²) < 4.78 is 0. The average Bonchev–Trinajstić information content (AvgIpc) is 2.30. The van der Waals surface area contributed by atoms with Gasteiger partial charge >= 0.3 is 0 Å². The Balaban J connectivity index is 0.00000128. The highest BCUT2D eigenvalue weighted by atomic mass is 35.5. The molecule has 1 aromatic heterocycles. The standard InChI is InChI=1S/C11H10N4.ClH/c12-10(13)11-14-6-9(7-15-11)8-4-2-1-3-5-8;/h1-7H,(H3,12,13);1H. The summed E-state index contributed by atoms with van der Waals surface area (Å²) in [5.74, 6) is 0.143. The molecule has 2 aromatic rings. The molecule has 0 unspecified atom stereocenters. The van der Waals surface area contributed by atoms with E-state index in [9.17, 15) is 0 Å². The quantitative estimate of drug-likeness (QED) is 0.615. The van der Waals surface area contributed by atoms with E-state index >= 15 is 0 Å². The van der Waals surface area contributed by atoms with Gasteiger partial charge in [0.25, 0.3) is 0 Å². The van der Waals surface area contributed by atoms with Crippen molar-refractivity contribution in [1.29, 1.82) is 5.41 Å². The summed E-state index contributed by atoms with van der Waals surface area (Å²) in [6, 6.07) is 9.81. The van der Waals surface area contributed by atoms with Crippen LogP contribution in [-0.2, 0) is 0 Å². The summed E-state index contributed by atoms with van der Waals surface area (Å²) in [5, 5.41) is 7.16. The molecule has 0 spiro atoms. The van der Waals surface area contributed by atoms with Gasteiger partial charge in [-0.2, -0.15) is 0 Å². The van der Waals surface area contributed by atoms with Gasteiger partial charge in [0, 0.05) is 18.0 Å². The number of benzene rings is 1. The molecule has 0 aliphatic rings. The molecule has 82 valence electrons. The van der Waals surface area contributed by atoms with Crippen LogP contribution in [0.2, 0.25) is 0 Å². The second-order valence-corrected chi connectivity index (χ2v) is 3.08. The molecule has 16 heavy (non-hydrogen) atoms. The van der Waals surface area contributed by atoms with Crippen molar-refractivity contribution in [2.75, 3.05) is 0 Å². The van der Waals surface area contributed by atoms with Crippen LogP contribution in [0.15, 0.2) is 42.7 Å². The van der Waals surface area contributed by atoms with Gasteiger partial charge in [-0.05, 0) is 5.56 Å². The van der Waals surface area contributed by atoms with Crippen molar-refractivity contribution >= 4 is 18.2 Å². The Morgan fingerprint density at radius 2 is 1.56 bits per heavy atom. The number of rotatable bonds is 2. The zero-order chi connectivity index (χ0) is 10.7. The summed E-state index contributed by atoms with van der Waals surface area (Å²) in [7, 11) is 0. The molecule has 0 atom stereocenters. The first-order valence-electron chi connectivity index (χ1n) is 4.49. The normalized spacial score (nSPS) is 9.25. The van der Waals surface area contributed by atoms with Crippen molar-refractivity contribution in [3.05, 3.63) is 48.5 Å². The minimum Gasteiger partial charge on any atom is -0.381 e. The van der Waals surface area contributed by atoms with Gasteiger partial charge in [-0.1, -0.05) is 30.3 Å². The van der Waals surface area contributed by atoms with Crippen LogP contribution in [0.3, 0.4) is 0 Å². The lowest BCUT2D eigenvalue weighted by Crippen LogP contribution is -2.14. The first-order chi connectivity index (χ1) is 7.27. The number of aromatic nitrogens is 2. The zero-order valence-corrected chi connectivity index (χ0v) is 9.24. The fourth-order valence-electron chi connectivity index (χ4n) is 1.25. The van der Waals surface area contributed by atoms with Crippen molar-refractivity contribution in [2.24, 2.45) is 5.73 Å². The third-order valence-electron chi connectivity index (χ3n) is 2.00. The lowest BCUT2D eigenvalue weighted by molar-refractivity contribution is 1.12. The number of nitrogens with zero attached hydrogens (tertiary/aromatic N) is 2. The van der Waals surface area contributed by atoms with Crippen LogP contribution in [0.1, 0.15) is 5.82 Å². The minimum absolute atomic E-state index is 0. The number of nitrogen functional groups attached to an aromatic ring is 1. The SMILES string of the molecule is Cl.N=C(N)c1ncc(-c2ccccc2)cn1. The summed E-state index contributed by atoms with van der Waals surface area (Å²) in [5.41, 5.74) is 7.23. The average molecular weight is 235 g/mol. The van der Waals surface area contributed by atoms with E-state index < -0.39 is 0 Å². The van der Waals surface area contributed by atoms with Crippen LogP contribution in [0.5, 0.6) is 0 Å². The van der Waals surface area contributed by atoms with Crippen molar-refractivity contribution in [2.45, 2.75) is 0 Å². The zero-order valence-electron chi connectivity index (χ0n) is 8.42. The number of amidine groups is 1. The molecule has 1 heterocycles. The number of hydrogen-bond acceptors (Lipinski definition) is 3. The summed E-state index contributed by atoms with van der Waals surface area (Å²) in [4.78, 5) is 7.99. The van der Waals surface area contributed by atoms with E-state index in [0.29, 0.717) is 0 Å². The number of nitrogens with two attached hydrogens (primary N) is 1. The monoisotopic (exact) mass is 234 g/mol. The molecular formula is C11H11ClN4. The Bertz CT molecular complexity index is 467. The second-order valence-electron chi connectivity index (χ2n) is 3.08. The predicted octanol–water partition coefficient (Wildman–Crippen LogP) is 1.85. The van der Waals surface area contributed by atoms with E-state index in [4.69, 9.17) is 11.1 Å². The number of halogens is 1. The van der Waals surface area contributed by atoms with Gasteiger partial charge in [0.15, 0.2) is 11.7 Å². The Kier molecular flexibility index (Phi) is 3.96. The van der Waals surface area contributed by atoms with Gasteiger partial charge in [0.05, 0.1) is 0 Å². The van der Waals surface area contributed by atoms with Gasteiger partial charge in [-0.3, -0.25) is 5.41 Å². The van der Waals surface area contributed by atoms with Crippen molar-refractivity contribution in [1.82, 2.24) is 9.97 Å². The van der Waals surface area contributed by atoms with Gasteiger partial charge in [0.1, 0.15) is 0 Å². The highest BCUT2D eigenvalue weighted by molar-refractivity contribution is 5.91. The van der Waals surface area contributed by atoms with E-state index in [1.54, 1.807) is 12.4 Å². The summed E-state index contributed by atoms with van der Waals surface area (Å²) >= 11 is 0. The molecule has 1 aromatic carbocycles. The molecular weight excluding hydrogens is 224 g/mol. The highest BCUT2D eigenvalue weighted by Gasteiger charge is 2.01. The predicted molar refractivity (Wildman–Crippen MR) is 65.7 cm³/mol. The Morgan fingerprint density at radius 1 is 1.00 bits per heavy atom. The maximum atomic E-state index is 7.16. The fraction of sp³-hybridized carbons (Fsp3) is 0. The number of nitrogens with one attached hydrogen (secondary N) is 1. The van der Waals surface area contributed by atoms with Crippen LogP contribution in [0.4, 0.5) is 0 Å². The number of hydrogen-bond donors (Lipinski definition) is 2. The first kappa shape index (κ1) is 12.1. The third kappa shape index (κ3) is 2.55. The van der Waals surface area contributed by atoms with Crippen LogP contribution >= 0.6 is 12.4 Å². The molecule has 0 saturated heterocycles. The second kappa shape index (κ2) is 5.23. The molecule has 0 saturated carbocycles. The largest absolute Gasteiger partial charge is 0.381 e. The smallest absolute Gasteiger partial charge is 0.194 e. The molecule has 0 aliphatic heterocycles. The molecule has 0 bridgehead atoms. The van der Waals surface area contributed by atoms with Crippen LogP contribution in [-0.4, -0.2) is 15.8 Å². The van der Waals surface area contributed by atoms with E-state index in [1.807, 2.05) is 30.3 Å². The van der Waals surface area contributed by atoms with E-state index in [0.717, 1.165) is 11.1 Å². The summed E-state index contributed by atoms with van der Waals surface area (Å²) in [6.07, 6.45) is 3.33. The molecule has 0 aliphatic carbocycles. The van der Waals surface area contributed by atoms with Gasteiger partial charge in [-0.25, -0.2) is 9.97 Å². The van der Waals surface area contributed by atoms with Crippen molar-refractivity contribution in [3.63, 3.8) is 0 Å². The fourth-order valence-corrected chi connectivity index (χ4v) is 1.25. The topological polar surface area (TPSA) is 75.7 Å². The third-order valence-corrected chi connectivity index (χ3v) is 2.00. The van der Waals surface area contributed by atoms with Gasteiger partial charge < -0.3 is 5.73 Å².